The SMILES string of the molecule is CO/C=C/c1cc(-c2ccc3ccccc3c2)ccc1-c1ccc2c3c(-c4ccccc4)c4c(cc5c6ccccc6c6cccc4c65)c(-c4ccccc4)c3c3cccc1c32. The van der Waals surface area contributed by atoms with Gasteiger partial charge in [-0.15, -0.1) is 0 Å². The minimum Gasteiger partial charge on any atom is -0.504 e. The largest absolute Gasteiger partial charge is 0.504 e. The third-order valence-corrected chi connectivity index (χ3v) is 13.5. The molecular formula is C61H38O. The molecule has 0 bridgehead atoms. The highest BCUT2D eigenvalue weighted by atomic mass is 16.5. The quantitative estimate of drug-likeness (QED) is 0.120. The summed E-state index contributed by atoms with van der Waals surface area (Å²) in [6, 6.07) is 74.4. The van der Waals surface area contributed by atoms with Gasteiger partial charge in [0.05, 0.1) is 13.4 Å². The summed E-state index contributed by atoms with van der Waals surface area (Å²) in [5.74, 6) is 0. The Kier molecular flexibility index (Phi) is 7.59. The number of ether oxygens (including phenoxy) is 1. The molecule has 0 aliphatic heterocycles. The molecule has 0 aliphatic rings. The molecule has 288 valence electrons. The number of hydrogen-bond acceptors (Lipinski definition) is 1. The maximum absolute atomic E-state index is 5.56. The van der Waals surface area contributed by atoms with Crippen LogP contribution < -0.4 is 0 Å². The van der Waals surface area contributed by atoms with Crippen molar-refractivity contribution >= 4 is 92.3 Å². The van der Waals surface area contributed by atoms with Gasteiger partial charge >= 0.3 is 0 Å². The molecular weight excluding hydrogens is 749 g/mol. The fourth-order valence-corrected chi connectivity index (χ4v) is 10.9. The molecule has 0 heterocycles. The first-order valence-electron chi connectivity index (χ1n) is 21.4. The predicted molar refractivity (Wildman–Crippen MR) is 267 cm³/mol. The van der Waals surface area contributed by atoms with E-state index in [4.69, 9.17) is 4.74 Å². The van der Waals surface area contributed by atoms with Crippen LogP contribution in [0.25, 0.3) is 137 Å². The number of benzene rings is 11. The molecule has 0 fully saturated rings. The minimum absolute atomic E-state index is 1.11. The van der Waals surface area contributed by atoms with E-state index < -0.39 is 0 Å². The average Bonchev–Trinajstić information content (AvgIpc) is 3.84. The van der Waals surface area contributed by atoms with Crippen molar-refractivity contribution in [3.63, 3.8) is 0 Å². The van der Waals surface area contributed by atoms with E-state index >= 15 is 0 Å². The Morgan fingerprint density at radius 3 is 1.63 bits per heavy atom. The lowest BCUT2D eigenvalue weighted by molar-refractivity contribution is 0.341. The normalized spacial score (nSPS) is 12.2. The van der Waals surface area contributed by atoms with Crippen LogP contribution in [0.1, 0.15) is 5.56 Å². The summed E-state index contributed by atoms with van der Waals surface area (Å²) in [6.07, 6.45) is 3.89. The van der Waals surface area contributed by atoms with E-state index in [0.29, 0.717) is 0 Å². The number of hydrogen-bond donors (Lipinski definition) is 0. The van der Waals surface area contributed by atoms with E-state index in [1.807, 2.05) is 0 Å². The van der Waals surface area contributed by atoms with E-state index in [-0.39, 0.29) is 0 Å². The molecule has 0 aromatic heterocycles. The van der Waals surface area contributed by atoms with Crippen LogP contribution in [0.15, 0.2) is 206 Å². The first kappa shape index (κ1) is 34.8. The molecule has 13 aromatic carbocycles. The lowest BCUT2D eigenvalue weighted by atomic mass is 9.84. The second-order valence-electron chi connectivity index (χ2n) is 16.6. The summed E-state index contributed by atoms with van der Waals surface area (Å²) in [4.78, 5) is 0. The highest BCUT2D eigenvalue weighted by molar-refractivity contribution is 6.45. The molecule has 0 N–H and O–H groups in total. The average molecular weight is 787 g/mol. The van der Waals surface area contributed by atoms with Crippen LogP contribution in [0, 0.1) is 0 Å². The number of rotatable bonds is 6. The Morgan fingerprint density at radius 2 is 0.855 bits per heavy atom. The van der Waals surface area contributed by atoms with Gasteiger partial charge in [-0.2, -0.15) is 0 Å². The van der Waals surface area contributed by atoms with E-state index in [0.717, 1.165) is 5.56 Å². The van der Waals surface area contributed by atoms with Crippen LogP contribution in [0.5, 0.6) is 0 Å². The van der Waals surface area contributed by atoms with Crippen molar-refractivity contribution in [3.05, 3.63) is 212 Å². The molecule has 13 aromatic rings. The molecule has 0 aliphatic carbocycles. The second-order valence-corrected chi connectivity index (χ2v) is 16.6. The molecule has 13 rings (SSSR count). The zero-order chi connectivity index (χ0) is 40.9. The van der Waals surface area contributed by atoms with Crippen molar-refractivity contribution in [3.8, 4) is 44.5 Å². The Morgan fingerprint density at radius 1 is 0.306 bits per heavy atom. The van der Waals surface area contributed by atoms with Gasteiger partial charge in [-0.1, -0.05) is 182 Å². The highest BCUT2D eigenvalue weighted by Gasteiger charge is 2.27. The summed E-state index contributed by atoms with van der Waals surface area (Å²) in [5, 5.41) is 20.7. The van der Waals surface area contributed by atoms with Gasteiger partial charge in [-0.05, 0) is 161 Å². The fourth-order valence-electron chi connectivity index (χ4n) is 10.9. The van der Waals surface area contributed by atoms with Crippen molar-refractivity contribution in [2.24, 2.45) is 0 Å². The minimum atomic E-state index is 1.11. The molecule has 0 saturated heterocycles. The molecule has 0 amide bonds. The summed E-state index contributed by atoms with van der Waals surface area (Å²) < 4.78 is 5.56. The summed E-state index contributed by atoms with van der Waals surface area (Å²) in [5.41, 5.74) is 10.9. The zero-order valence-corrected chi connectivity index (χ0v) is 34.1. The maximum Gasteiger partial charge on any atom is 0.0830 e. The lowest BCUT2D eigenvalue weighted by Crippen LogP contribution is -1.91. The Labute approximate surface area is 359 Å². The monoisotopic (exact) mass is 786 g/mol. The summed E-state index contributed by atoms with van der Waals surface area (Å²) in [6.45, 7) is 0. The lowest BCUT2D eigenvalue weighted by Gasteiger charge is -2.19. The van der Waals surface area contributed by atoms with Crippen molar-refractivity contribution in [1.29, 1.82) is 0 Å². The van der Waals surface area contributed by atoms with Gasteiger partial charge in [0.1, 0.15) is 0 Å². The van der Waals surface area contributed by atoms with Crippen molar-refractivity contribution < 1.29 is 4.74 Å². The van der Waals surface area contributed by atoms with Crippen LogP contribution >= 0.6 is 0 Å². The highest BCUT2D eigenvalue weighted by Crippen LogP contribution is 2.55. The van der Waals surface area contributed by atoms with Crippen molar-refractivity contribution in [2.45, 2.75) is 0 Å². The fraction of sp³-hybridized carbons (Fsp3) is 0.0164. The summed E-state index contributed by atoms with van der Waals surface area (Å²) in [7, 11) is 1.71. The number of fused-ring (bicyclic) bond motifs is 9. The third-order valence-electron chi connectivity index (χ3n) is 13.5. The topological polar surface area (TPSA) is 9.23 Å². The van der Waals surface area contributed by atoms with Crippen LogP contribution in [0.4, 0.5) is 0 Å². The molecule has 0 unspecified atom stereocenters. The molecule has 0 saturated carbocycles. The smallest absolute Gasteiger partial charge is 0.0830 e. The Hall–Kier alpha value is -8.00. The van der Waals surface area contributed by atoms with Crippen LogP contribution in [0.2, 0.25) is 0 Å². The van der Waals surface area contributed by atoms with Gasteiger partial charge in [0.2, 0.25) is 0 Å². The maximum atomic E-state index is 5.56. The first-order valence-corrected chi connectivity index (χ1v) is 21.4. The van der Waals surface area contributed by atoms with Gasteiger partial charge in [-0.25, -0.2) is 0 Å². The van der Waals surface area contributed by atoms with Gasteiger partial charge < -0.3 is 4.74 Å². The van der Waals surface area contributed by atoms with Gasteiger partial charge in [0.15, 0.2) is 0 Å². The van der Waals surface area contributed by atoms with E-state index in [9.17, 15) is 0 Å². The Balaban J connectivity index is 1.17. The standard InChI is InChI=1S/C61H38O/c1-62-33-32-43-35-42(41-27-26-37-14-8-9-19-40(37)34-41)28-29-44(43)47-30-31-52-57-49(47)23-13-25-51(57)60-55(38-15-4-2-5-16-38)54-36-53-46-21-11-10-20-45(46)48-22-12-24-50(58(48)53)59(54)56(61(52)60)39-17-6-3-7-18-39/h2-36H,1H3/b33-32+. The zero-order valence-electron chi connectivity index (χ0n) is 34.1. The molecule has 62 heavy (non-hydrogen) atoms. The van der Waals surface area contributed by atoms with Gasteiger partial charge in [0.25, 0.3) is 0 Å². The van der Waals surface area contributed by atoms with Crippen molar-refractivity contribution in [1.82, 2.24) is 0 Å². The van der Waals surface area contributed by atoms with Crippen LogP contribution in [-0.2, 0) is 4.74 Å². The molecule has 0 spiro atoms. The molecule has 1 heteroatoms. The third kappa shape index (κ3) is 4.97. The predicted octanol–water partition coefficient (Wildman–Crippen LogP) is 17.1. The van der Waals surface area contributed by atoms with Crippen molar-refractivity contribution in [2.75, 3.05) is 7.11 Å². The second kappa shape index (κ2) is 13.5. The molecule has 0 atom stereocenters. The molecule has 0 radical (unpaired) electrons. The van der Waals surface area contributed by atoms with E-state index in [1.165, 1.54) is 131 Å². The Bertz CT molecular complexity index is 3930. The van der Waals surface area contributed by atoms with E-state index in [1.54, 1.807) is 13.4 Å². The number of methoxy groups -OCH3 is 1. The van der Waals surface area contributed by atoms with Crippen LogP contribution in [-0.4, -0.2) is 7.11 Å². The van der Waals surface area contributed by atoms with Crippen LogP contribution in [0.3, 0.4) is 0 Å². The van der Waals surface area contributed by atoms with Gasteiger partial charge in [0, 0.05) is 0 Å². The van der Waals surface area contributed by atoms with Gasteiger partial charge in [-0.3, -0.25) is 0 Å². The molecule has 1 nitrogen and oxygen atoms in total. The first-order chi connectivity index (χ1) is 30.7. The van der Waals surface area contributed by atoms with E-state index in [2.05, 4.69) is 206 Å². The summed E-state index contributed by atoms with van der Waals surface area (Å²) >= 11 is 0.